The largest absolute Gasteiger partial charge is 0.331 e. The van der Waals surface area contributed by atoms with Gasteiger partial charge in [0.25, 0.3) is 6.43 Å². The molecule has 0 saturated carbocycles. The van der Waals surface area contributed by atoms with Gasteiger partial charge < -0.3 is 9.88 Å². The number of anilines is 1. The maximum absolute atomic E-state index is 12.4. The number of nitrogens with one attached hydrogen (secondary N) is 1. The number of fused-ring (bicyclic) bond motifs is 1. The molecule has 0 radical (unpaired) electrons. The lowest BCUT2D eigenvalue weighted by Gasteiger charge is -2.37. The highest BCUT2D eigenvalue weighted by Crippen LogP contribution is 2.26. The van der Waals surface area contributed by atoms with Gasteiger partial charge in [-0.2, -0.15) is 0 Å². The van der Waals surface area contributed by atoms with Gasteiger partial charge in [-0.15, -0.1) is 0 Å². The van der Waals surface area contributed by atoms with Gasteiger partial charge in [-0.05, 0) is 24.4 Å². The van der Waals surface area contributed by atoms with E-state index in [1.54, 1.807) is 11.1 Å². The minimum atomic E-state index is -2.37. The van der Waals surface area contributed by atoms with E-state index in [-0.39, 0.29) is 18.4 Å². The molecule has 3 heterocycles. The fourth-order valence-corrected chi connectivity index (χ4v) is 3.45. The molecule has 146 valence electrons. The molecule has 1 fully saturated rings. The van der Waals surface area contributed by atoms with Crippen LogP contribution in [0.15, 0.2) is 36.7 Å². The second-order valence-corrected chi connectivity index (χ2v) is 7.18. The van der Waals surface area contributed by atoms with Crippen molar-refractivity contribution in [1.29, 1.82) is 0 Å². The third-order valence-corrected chi connectivity index (χ3v) is 5.21. The first-order chi connectivity index (χ1) is 13.4. The number of alkyl halides is 2. The quantitative estimate of drug-likeness (QED) is 0.733. The molecule has 1 aliphatic heterocycles. The van der Waals surface area contributed by atoms with Crippen LogP contribution in [0.5, 0.6) is 0 Å². The zero-order chi connectivity index (χ0) is 19.8. The lowest BCUT2D eigenvalue weighted by Crippen LogP contribution is -2.53. The molecule has 0 spiro atoms. The average molecular weight is 385 g/mol. The number of amides is 1. The van der Waals surface area contributed by atoms with Crippen LogP contribution in [-0.4, -0.2) is 51.4 Å². The van der Waals surface area contributed by atoms with Crippen molar-refractivity contribution < 1.29 is 13.6 Å². The van der Waals surface area contributed by atoms with Crippen molar-refractivity contribution in [3.8, 4) is 11.3 Å². The fourth-order valence-electron chi connectivity index (χ4n) is 3.45. The van der Waals surface area contributed by atoms with E-state index < -0.39 is 6.43 Å². The molecule has 0 aliphatic carbocycles. The van der Waals surface area contributed by atoms with Gasteiger partial charge in [0.1, 0.15) is 11.6 Å². The Hall–Kier alpha value is -2.87. The Labute approximate surface area is 161 Å². The molecule has 1 saturated heterocycles. The highest BCUT2D eigenvalue weighted by molar-refractivity contribution is 5.95. The lowest BCUT2D eigenvalue weighted by molar-refractivity contribution is -0.125. The number of carbonyl (C=O) groups is 1. The first-order valence-corrected chi connectivity index (χ1v) is 9.10. The maximum atomic E-state index is 12.4. The van der Waals surface area contributed by atoms with Crippen molar-refractivity contribution in [3.63, 3.8) is 0 Å². The summed E-state index contributed by atoms with van der Waals surface area (Å²) in [6.45, 7) is 2.38. The second kappa shape index (κ2) is 7.27. The normalized spacial score (nSPS) is 15.2. The molecule has 4 rings (SSSR count). The van der Waals surface area contributed by atoms with E-state index >= 15 is 0 Å². The third-order valence-electron chi connectivity index (χ3n) is 5.21. The summed E-state index contributed by atoms with van der Waals surface area (Å²) in [5, 5.41) is 4.72. The van der Waals surface area contributed by atoms with E-state index in [1.807, 2.05) is 49.0 Å². The van der Waals surface area contributed by atoms with Crippen LogP contribution in [0.3, 0.4) is 0 Å². The summed E-state index contributed by atoms with van der Waals surface area (Å²) in [5.74, 6) is 0.929. The minimum absolute atomic E-state index is 0.184. The van der Waals surface area contributed by atoms with E-state index in [1.165, 1.54) is 0 Å². The topological polar surface area (TPSA) is 63.1 Å². The Morgan fingerprint density at radius 3 is 2.68 bits per heavy atom. The number of rotatable bonds is 5. The molecule has 1 aromatic carbocycles. The van der Waals surface area contributed by atoms with Crippen molar-refractivity contribution in [2.45, 2.75) is 13.3 Å². The number of benzene rings is 1. The van der Waals surface area contributed by atoms with Gasteiger partial charge in [-0.3, -0.25) is 9.69 Å². The predicted molar refractivity (Wildman–Crippen MR) is 103 cm³/mol. The van der Waals surface area contributed by atoms with Crippen molar-refractivity contribution in [3.05, 3.63) is 42.5 Å². The SMILES string of the molecule is Cc1ncc(-c2ccc3cnc(NC(=O)C4CN(CC(F)F)C4)cc3c2)n1C. The van der Waals surface area contributed by atoms with Crippen LogP contribution in [0.2, 0.25) is 0 Å². The number of imidazole rings is 1. The summed E-state index contributed by atoms with van der Waals surface area (Å²) in [6, 6.07) is 7.87. The van der Waals surface area contributed by atoms with Crippen molar-refractivity contribution >= 4 is 22.5 Å². The summed E-state index contributed by atoms with van der Waals surface area (Å²) in [5.41, 5.74) is 2.04. The zero-order valence-electron chi connectivity index (χ0n) is 15.7. The Morgan fingerprint density at radius 2 is 2.00 bits per heavy atom. The molecule has 0 unspecified atom stereocenters. The van der Waals surface area contributed by atoms with Gasteiger partial charge in [-0.1, -0.05) is 12.1 Å². The molecule has 0 atom stereocenters. The van der Waals surface area contributed by atoms with Crippen molar-refractivity contribution in [2.24, 2.45) is 13.0 Å². The Kier molecular flexibility index (Phi) is 4.80. The third kappa shape index (κ3) is 3.60. The van der Waals surface area contributed by atoms with Gasteiger partial charge in [-0.25, -0.2) is 18.7 Å². The van der Waals surface area contributed by atoms with Crippen LogP contribution >= 0.6 is 0 Å². The highest BCUT2D eigenvalue weighted by Gasteiger charge is 2.33. The van der Waals surface area contributed by atoms with Crippen LogP contribution in [-0.2, 0) is 11.8 Å². The summed E-state index contributed by atoms with van der Waals surface area (Å²) in [4.78, 5) is 22.5. The summed E-state index contributed by atoms with van der Waals surface area (Å²) in [7, 11) is 1.97. The molecule has 2 aromatic heterocycles. The first kappa shape index (κ1) is 18.5. The molecule has 1 aliphatic rings. The van der Waals surface area contributed by atoms with E-state index in [9.17, 15) is 13.6 Å². The first-order valence-electron chi connectivity index (χ1n) is 9.10. The van der Waals surface area contributed by atoms with Gasteiger partial charge in [0.05, 0.1) is 24.4 Å². The van der Waals surface area contributed by atoms with E-state index in [2.05, 4.69) is 15.3 Å². The Balaban J connectivity index is 1.49. The minimum Gasteiger partial charge on any atom is -0.331 e. The van der Waals surface area contributed by atoms with Crippen LogP contribution in [0.25, 0.3) is 22.0 Å². The summed E-state index contributed by atoms with van der Waals surface area (Å²) < 4.78 is 26.7. The number of hydrogen-bond donors (Lipinski definition) is 1. The molecule has 3 aromatic rings. The zero-order valence-corrected chi connectivity index (χ0v) is 15.7. The Bertz CT molecular complexity index is 1030. The van der Waals surface area contributed by atoms with Crippen molar-refractivity contribution in [1.82, 2.24) is 19.4 Å². The van der Waals surface area contributed by atoms with Gasteiger partial charge in [0, 0.05) is 37.3 Å². The molecular weight excluding hydrogens is 364 g/mol. The Morgan fingerprint density at radius 1 is 1.21 bits per heavy atom. The van der Waals surface area contributed by atoms with Crippen molar-refractivity contribution in [2.75, 3.05) is 25.0 Å². The maximum Gasteiger partial charge on any atom is 0.251 e. The number of pyridine rings is 1. The second-order valence-electron chi connectivity index (χ2n) is 7.18. The van der Waals surface area contributed by atoms with E-state index in [0.717, 1.165) is 27.9 Å². The van der Waals surface area contributed by atoms with Crippen LogP contribution in [0.1, 0.15) is 5.82 Å². The number of aryl methyl sites for hydroxylation is 1. The fraction of sp³-hybridized carbons (Fsp3) is 0.350. The number of nitrogens with zero attached hydrogens (tertiary/aromatic N) is 4. The smallest absolute Gasteiger partial charge is 0.251 e. The van der Waals surface area contributed by atoms with Gasteiger partial charge in [0.15, 0.2) is 0 Å². The van der Waals surface area contributed by atoms with Crippen LogP contribution < -0.4 is 5.32 Å². The lowest BCUT2D eigenvalue weighted by atomic mass is 9.99. The number of carbonyl (C=O) groups excluding carboxylic acids is 1. The molecule has 6 nitrogen and oxygen atoms in total. The number of hydrogen-bond acceptors (Lipinski definition) is 4. The molecular formula is C20H21F2N5O. The highest BCUT2D eigenvalue weighted by atomic mass is 19.3. The number of likely N-dealkylation sites (tertiary alicyclic amines) is 1. The van der Waals surface area contributed by atoms with E-state index in [0.29, 0.717) is 18.9 Å². The van der Waals surface area contributed by atoms with Crippen LogP contribution in [0.4, 0.5) is 14.6 Å². The monoisotopic (exact) mass is 385 g/mol. The van der Waals surface area contributed by atoms with E-state index in [4.69, 9.17) is 0 Å². The standard InChI is InChI=1S/C20H21F2N5O/c1-12-23-8-17(26(12)2)13-3-4-14-7-24-19(6-15(14)5-13)25-20(28)16-9-27(10-16)11-18(21)22/h3-8,16,18H,9-11H2,1-2H3,(H,24,25,28). The molecule has 0 bridgehead atoms. The number of aromatic nitrogens is 3. The molecule has 1 N–H and O–H groups in total. The average Bonchev–Trinajstić information content (AvgIpc) is 2.96. The summed E-state index contributed by atoms with van der Waals surface area (Å²) in [6.07, 6.45) is 1.18. The molecule has 8 heteroatoms. The predicted octanol–water partition coefficient (Wildman–Crippen LogP) is 3.08. The molecule has 1 amide bonds. The molecule has 28 heavy (non-hydrogen) atoms. The van der Waals surface area contributed by atoms with Gasteiger partial charge in [0.2, 0.25) is 5.91 Å². The number of halogens is 2. The van der Waals surface area contributed by atoms with Gasteiger partial charge >= 0.3 is 0 Å². The summed E-state index contributed by atoms with van der Waals surface area (Å²) >= 11 is 0. The van der Waals surface area contributed by atoms with Crippen LogP contribution in [0, 0.1) is 12.8 Å².